The van der Waals surface area contributed by atoms with E-state index in [2.05, 4.69) is 16.4 Å². The monoisotopic (exact) mass is 271 g/mol. The third kappa shape index (κ3) is 3.54. The summed E-state index contributed by atoms with van der Waals surface area (Å²) in [6, 6.07) is 12.3. The molecule has 0 aliphatic rings. The molecule has 0 fully saturated rings. The van der Waals surface area contributed by atoms with Crippen LogP contribution in [0.15, 0.2) is 42.6 Å². The van der Waals surface area contributed by atoms with E-state index >= 15 is 0 Å². The summed E-state index contributed by atoms with van der Waals surface area (Å²) in [7, 11) is 0. The van der Waals surface area contributed by atoms with Crippen LogP contribution in [-0.2, 0) is 6.42 Å². The fourth-order valence-corrected chi connectivity index (χ4v) is 1.68. The number of nitrogens with zero attached hydrogens (tertiary/aromatic N) is 2. The number of hydrogen-bond donors (Lipinski definition) is 1. The van der Waals surface area contributed by atoms with E-state index in [1.165, 1.54) is 12.3 Å². The van der Waals surface area contributed by atoms with E-state index in [4.69, 9.17) is 16.9 Å². The summed E-state index contributed by atoms with van der Waals surface area (Å²) in [6.07, 6.45) is 1.83. The summed E-state index contributed by atoms with van der Waals surface area (Å²) in [5, 5.41) is 11.7. The molecule has 0 spiro atoms. The van der Waals surface area contributed by atoms with Crippen molar-refractivity contribution >= 4 is 23.2 Å². The molecule has 1 N–H and O–H groups in total. The Bertz CT molecular complexity index is 632. The number of nitriles is 1. The zero-order valence-electron chi connectivity index (χ0n) is 9.93. The number of carbonyl (C=O) groups excluding carboxylic acids is 1. The number of pyridine rings is 1. The van der Waals surface area contributed by atoms with Crippen molar-refractivity contribution in [2.24, 2.45) is 0 Å². The van der Waals surface area contributed by atoms with Gasteiger partial charge in [0.2, 0.25) is 0 Å². The number of halogens is 1. The van der Waals surface area contributed by atoms with Crippen LogP contribution >= 0.6 is 11.6 Å². The van der Waals surface area contributed by atoms with Gasteiger partial charge in [0, 0.05) is 16.9 Å². The molecule has 1 aromatic carbocycles. The molecule has 0 saturated heterocycles. The maximum Gasteiger partial charge on any atom is 0.274 e. The summed E-state index contributed by atoms with van der Waals surface area (Å²) >= 11 is 5.80. The second-order valence-corrected chi connectivity index (χ2v) is 4.28. The summed E-state index contributed by atoms with van der Waals surface area (Å²) < 4.78 is 0. The third-order valence-electron chi connectivity index (χ3n) is 2.45. The molecule has 19 heavy (non-hydrogen) atoms. The number of carbonyl (C=O) groups is 1. The van der Waals surface area contributed by atoms with E-state index in [1.54, 1.807) is 30.3 Å². The Hall–Kier alpha value is -2.38. The average molecular weight is 272 g/mol. The van der Waals surface area contributed by atoms with E-state index in [-0.39, 0.29) is 11.6 Å². The van der Waals surface area contributed by atoms with Gasteiger partial charge in [0.25, 0.3) is 5.91 Å². The highest BCUT2D eigenvalue weighted by atomic mass is 35.5. The number of nitrogens with one attached hydrogen (secondary N) is 1. The lowest BCUT2D eigenvalue weighted by atomic mass is 10.1. The minimum Gasteiger partial charge on any atom is -0.321 e. The minimum atomic E-state index is -0.324. The van der Waals surface area contributed by atoms with Gasteiger partial charge < -0.3 is 5.32 Å². The Labute approximate surface area is 115 Å². The predicted octanol–water partition coefficient (Wildman–Crippen LogP) is 3.05. The van der Waals surface area contributed by atoms with Crippen LogP contribution in [0.25, 0.3) is 0 Å². The largest absolute Gasteiger partial charge is 0.321 e. The molecular formula is C14H10ClN3O. The van der Waals surface area contributed by atoms with Gasteiger partial charge in [0.15, 0.2) is 0 Å². The first-order chi connectivity index (χ1) is 9.19. The Kier molecular flexibility index (Phi) is 4.11. The quantitative estimate of drug-likeness (QED) is 0.933. The molecule has 4 nitrogen and oxygen atoms in total. The number of rotatable bonds is 3. The Morgan fingerprint density at radius 2 is 2.05 bits per heavy atom. The first-order valence-corrected chi connectivity index (χ1v) is 5.95. The van der Waals surface area contributed by atoms with Crippen molar-refractivity contribution in [1.29, 1.82) is 5.26 Å². The van der Waals surface area contributed by atoms with Gasteiger partial charge in [0.1, 0.15) is 5.69 Å². The van der Waals surface area contributed by atoms with Crippen LogP contribution in [0.4, 0.5) is 5.69 Å². The highest BCUT2D eigenvalue weighted by Gasteiger charge is 2.07. The molecule has 0 aliphatic heterocycles. The number of amides is 1. The van der Waals surface area contributed by atoms with Crippen molar-refractivity contribution in [2.45, 2.75) is 6.42 Å². The van der Waals surface area contributed by atoms with Gasteiger partial charge in [-0.25, -0.2) is 0 Å². The molecule has 0 bridgehead atoms. The maximum atomic E-state index is 11.9. The van der Waals surface area contributed by atoms with Gasteiger partial charge in [0.05, 0.1) is 12.5 Å². The second-order valence-electron chi connectivity index (χ2n) is 3.85. The van der Waals surface area contributed by atoms with Gasteiger partial charge >= 0.3 is 0 Å². The Morgan fingerprint density at radius 1 is 1.32 bits per heavy atom. The highest BCUT2D eigenvalue weighted by Crippen LogP contribution is 2.13. The van der Waals surface area contributed by atoms with Crippen molar-refractivity contribution < 1.29 is 4.79 Å². The number of hydrogen-bond acceptors (Lipinski definition) is 3. The van der Waals surface area contributed by atoms with Crippen molar-refractivity contribution in [3.8, 4) is 6.07 Å². The normalized spacial score (nSPS) is 9.68. The van der Waals surface area contributed by atoms with E-state index in [0.29, 0.717) is 17.1 Å². The zero-order valence-corrected chi connectivity index (χ0v) is 10.7. The fourth-order valence-electron chi connectivity index (χ4n) is 1.52. The van der Waals surface area contributed by atoms with E-state index < -0.39 is 0 Å². The standard InChI is InChI=1S/C14H10ClN3O/c15-11-6-8-17-13(9-11)14(19)18-12-3-1-10(2-4-12)5-7-16/h1-4,6,8-9H,5H2,(H,18,19). The molecule has 0 aliphatic carbocycles. The van der Waals surface area contributed by atoms with Crippen molar-refractivity contribution in [1.82, 2.24) is 4.98 Å². The summed E-state index contributed by atoms with van der Waals surface area (Å²) in [6.45, 7) is 0. The molecule has 1 aromatic heterocycles. The molecule has 0 radical (unpaired) electrons. The molecular weight excluding hydrogens is 262 g/mol. The van der Waals surface area contributed by atoms with Crippen LogP contribution < -0.4 is 5.32 Å². The number of aromatic nitrogens is 1. The third-order valence-corrected chi connectivity index (χ3v) is 2.68. The Morgan fingerprint density at radius 3 is 2.68 bits per heavy atom. The number of anilines is 1. The van der Waals surface area contributed by atoms with Crippen LogP contribution in [0, 0.1) is 11.3 Å². The van der Waals surface area contributed by atoms with Crippen LogP contribution in [-0.4, -0.2) is 10.9 Å². The fraction of sp³-hybridized carbons (Fsp3) is 0.0714. The van der Waals surface area contributed by atoms with Crippen LogP contribution in [0.2, 0.25) is 5.02 Å². The van der Waals surface area contributed by atoms with Crippen molar-refractivity contribution in [3.63, 3.8) is 0 Å². The lowest BCUT2D eigenvalue weighted by Gasteiger charge is -2.05. The minimum absolute atomic E-state index is 0.258. The predicted molar refractivity (Wildman–Crippen MR) is 73.0 cm³/mol. The van der Waals surface area contributed by atoms with Gasteiger partial charge in [-0.1, -0.05) is 23.7 Å². The van der Waals surface area contributed by atoms with E-state index in [1.807, 2.05) is 0 Å². The Balaban J connectivity index is 2.09. The van der Waals surface area contributed by atoms with Crippen molar-refractivity contribution in [3.05, 3.63) is 58.9 Å². The molecule has 94 valence electrons. The summed E-state index contributed by atoms with van der Waals surface area (Å²) in [4.78, 5) is 15.8. The lowest BCUT2D eigenvalue weighted by Crippen LogP contribution is -2.13. The van der Waals surface area contributed by atoms with Crippen molar-refractivity contribution in [2.75, 3.05) is 5.32 Å². The smallest absolute Gasteiger partial charge is 0.274 e. The van der Waals surface area contributed by atoms with E-state index in [9.17, 15) is 4.79 Å². The average Bonchev–Trinajstić information content (AvgIpc) is 2.41. The molecule has 2 aromatic rings. The summed E-state index contributed by atoms with van der Waals surface area (Å²) in [5.41, 5.74) is 1.81. The topological polar surface area (TPSA) is 65.8 Å². The molecule has 2 rings (SSSR count). The zero-order chi connectivity index (χ0) is 13.7. The van der Waals surface area contributed by atoms with Crippen LogP contribution in [0.1, 0.15) is 16.1 Å². The van der Waals surface area contributed by atoms with Crippen LogP contribution in [0.3, 0.4) is 0 Å². The van der Waals surface area contributed by atoms with Gasteiger partial charge in [-0.15, -0.1) is 0 Å². The molecule has 0 saturated carbocycles. The van der Waals surface area contributed by atoms with Gasteiger partial charge in [-0.05, 0) is 29.8 Å². The SMILES string of the molecule is N#CCc1ccc(NC(=O)c2cc(Cl)ccn2)cc1. The molecule has 0 atom stereocenters. The molecule has 1 heterocycles. The highest BCUT2D eigenvalue weighted by molar-refractivity contribution is 6.30. The number of benzene rings is 1. The first kappa shape index (κ1) is 13.1. The summed E-state index contributed by atoms with van der Waals surface area (Å²) in [5.74, 6) is -0.324. The molecule has 0 unspecified atom stereocenters. The van der Waals surface area contributed by atoms with Crippen LogP contribution in [0.5, 0.6) is 0 Å². The van der Waals surface area contributed by atoms with Gasteiger partial charge in [-0.3, -0.25) is 9.78 Å². The molecule has 1 amide bonds. The van der Waals surface area contributed by atoms with E-state index in [0.717, 1.165) is 5.56 Å². The second kappa shape index (κ2) is 5.98. The lowest BCUT2D eigenvalue weighted by molar-refractivity contribution is 0.102. The first-order valence-electron chi connectivity index (χ1n) is 5.58. The maximum absolute atomic E-state index is 11.9. The van der Waals surface area contributed by atoms with Gasteiger partial charge in [-0.2, -0.15) is 5.26 Å². The molecule has 5 heteroatoms.